The Kier molecular flexibility index (Phi) is 8.86. The van der Waals surface area contributed by atoms with Crippen molar-refractivity contribution in [3.8, 4) is 11.5 Å². The summed E-state index contributed by atoms with van der Waals surface area (Å²) in [4.78, 5) is 15.4. The summed E-state index contributed by atoms with van der Waals surface area (Å²) in [6, 6.07) is 6.35. The number of hydrogen-bond donors (Lipinski definition) is 0. The van der Waals surface area contributed by atoms with Gasteiger partial charge >= 0.3 is 5.97 Å². The second-order valence-corrected chi connectivity index (χ2v) is 8.81. The van der Waals surface area contributed by atoms with Gasteiger partial charge in [-0.15, -0.1) is 0 Å². The molecule has 30 heavy (non-hydrogen) atoms. The monoisotopic (exact) mass is 417 g/mol. The zero-order valence-electron chi connectivity index (χ0n) is 19.0. The maximum Gasteiger partial charge on any atom is 0.338 e. The molecule has 5 nitrogen and oxygen atoms in total. The summed E-state index contributed by atoms with van der Waals surface area (Å²) < 4.78 is 16.5. The third-order valence-corrected chi connectivity index (χ3v) is 6.75. The van der Waals surface area contributed by atoms with Crippen LogP contribution in [0, 0.1) is 0 Å². The second-order valence-electron chi connectivity index (χ2n) is 8.81. The van der Waals surface area contributed by atoms with Crippen molar-refractivity contribution in [1.82, 2.24) is 4.90 Å². The highest BCUT2D eigenvalue weighted by Gasteiger charge is 2.41. The average molecular weight is 418 g/mol. The number of unbranched alkanes of at least 4 members (excludes halogenated alkanes) is 6. The zero-order chi connectivity index (χ0) is 21.3. The fourth-order valence-electron chi connectivity index (χ4n) is 5.12. The van der Waals surface area contributed by atoms with Crippen molar-refractivity contribution in [3.05, 3.63) is 23.8 Å². The molecule has 1 unspecified atom stereocenters. The molecule has 1 aromatic carbocycles. The van der Waals surface area contributed by atoms with E-state index in [2.05, 4.69) is 11.8 Å². The van der Waals surface area contributed by atoms with Gasteiger partial charge in [-0.1, -0.05) is 45.4 Å². The van der Waals surface area contributed by atoms with Crippen molar-refractivity contribution in [2.45, 2.75) is 95.7 Å². The van der Waals surface area contributed by atoms with Gasteiger partial charge in [-0.3, -0.25) is 4.90 Å². The van der Waals surface area contributed by atoms with Crippen LogP contribution in [0.2, 0.25) is 0 Å². The number of piperidine rings is 1. The van der Waals surface area contributed by atoms with Crippen LogP contribution in [-0.4, -0.2) is 49.8 Å². The first-order valence-corrected chi connectivity index (χ1v) is 11.8. The van der Waals surface area contributed by atoms with Crippen LogP contribution in [0.3, 0.4) is 0 Å². The SMILES string of the molecule is CCCCCCCCCN1[C@@H]2CC[C@H]1CC(OC(=O)c1ccc(OC)c(OC)c1)C2. The normalized spacial score (nSPS) is 23.4. The van der Waals surface area contributed by atoms with E-state index in [4.69, 9.17) is 14.2 Å². The number of hydrogen-bond acceptors (Lipinski definition) is 5. The summed E-state index contributed by atoms with van der Waals surface area (Å²) >= 11 is 0. The number of esters is 1. The van der Waals surface area contributed by atoms with Crippen LogP contribution in [0.1, 0.15) is 87.9 Å². The maximum atomic E-state index is 12.7. The van der Waals surface area contributed by atoms with E-state index in [0.717, 1.165) is 12.8 Å². The van der Waals surface area contributed by atoms with Crippen molar-refractivity contribution in [2.24, 2.45) is 0 Å². The van der Waals surface area contributed by atoms with Gasteiger partial charge in [-0.05, 0) is 44.0 Å². The highest BCUT2D eigenvalue weighted by molar-refractivity contribution is 5.90. The molecule has 3 rings (SSSR count). The summed E-state index contributed by atoms with van der Waals surface area (Å²) in [5.41, 5.74) is 0.519. The lowest BCUT2D eigenvalue weighted by Crippen LogP contribution is -2.46. The van der Waals surface area contributed by atoms with Gasteiger partial charge in [0, 0.05) is 24.9 Å². The Balaban J connectivity index is 1.44. The van der Waals surface area contributed by atoms with E-state index in [0.29, 0.717) is 29.1 Å². The highest BCUT2D eigenvalue weighted by atomic mass is 16.5. The predicted octanol–water partition coefficient (Wildman–Crippen LogP) is 5.61. The number of nitrogens with zero attached hydrogens (tertiary/aromatic N) is 1. The zero-order valence-corrected chi connectivity index (χ0v) is 19.0. The largest absolute Gasteiger partial charge is 0.493 e. The van der Waals surface area contributed by atoms with Crippen molar-refractivity contribution in [2.75, 3.05) is 20.8 Å². The number of methoxy groups -OCH3 is 2. The molecular weight excluding hydrogens is 378 g/mol. The summed E-state index contributed by atoms with van der Waals surface area (Å²) in [6.07, 6.45) is 13.9. The molecule has 2 heterocycles. The molecule has 0 saturated carbocycles. The number of benzene rings is 1. The molecule has 0 radical (unpaired) electrons. The molecule has 2 bridgehead atoms. The van der Waals surface area contributed by atoms with Crippen LogP contribution in [0.15, 0.2) is 18.2 Å². The first-order valence-electron chi connectivity index (χ1n) is 11.8. The number of carbonyl (C=O) groups is 1. The van der Waals surface area contributed by atoms with Gasteiger partial charge < -0.3 is 14.2 Å². The summed E-state index contributed by atoms with van der Waals surface area (Å²) in [6.45, 7) is 3.48. The lowest BCUT2D eigenvalue weighted by atomic mass is 9.98. The minimum atomic E-state index is -0.263. The number of carbonyl (C=O) groups excluding carboxylic acids is 1. The first kappa shape index (κ1) is 22.9. The minimum absolute atomic E-state index is 0.0217. The lowest BCUT2D eigenvalue weighted by Gasteiger charge is -2.38. The quantitative estimate of drug-likeness (QED) is 0.327. The summed E-state index contributed by atoms with van der Waals surface area (Å²) in [5, 5.41) is 0. The van der Waals surface area contributed by atoms with E-state index in [1.54, 1.807) is 32.4 Å². The Bertz CT molecular complexity index is 663. The Morgan fingerprint density at radius 1 is 0.933 bits per heavy atom. The van der Waals surface area contributed by atoms with E-state index in [1.165, 1.54) is 64.3 Å². The summed E-state index contributed by atoms with van der Waals surface area (Å²) in [7, 11) is 3.16. The molecule has 5 heteroatoms. The highest BCUT2D eigenvalue weighted by Crippen LogP contribution is 2.37. The van der Waals surface area contributed by atoms with Gasteiger partial charge in [0.2, 0.25) is 0 Å². The Morgan fingerprint density at radius 3 is 2.20 bits per heavy atom. The molecule has 2 saturated heterocycles. The fraction of sp³-hybridized carbons (Fsp3) is 0.720. The van der Waals surface area contributed by atoms with E-state index in [1.807, 2.05) is 0 Å². The average Bonchev–Trinajstić information content (AvgIpc) is 3.00. The molecule has 2 fully saturated rings. The van der Waals surface area contributed by atoms with Crippen LogP contribution in [0.25, 0.3) is 0 Å². The van der Waals surface area contributed by atoms with Crippen molar-refractivity contribution in [1.29, 1.82) is 0 Å². The second kappa shape index (κ2) is 11.6. The Morgan fingerprint density at radius 2 is 1.57 bits per heavy atom. The van der Waals surface area contributed by atoms with Gasteiger partial charge in [0.25, 0.3) is 0 Å². The van der Waals surface area contributed by atoms with Gasteiger partial charge in [-0.2, -0.15) is 0 Å². The molecule has 3 atom stereocenters. The Labute approximate surface area is 182 Å². The number of fused-ring (bicyclic) bond motifs is 2. The molecule has 0 aliphatic carbocycles. The molecular formula is C25H39NO4. The van der Waals surface area contributed by atoms with Crippen LogP contribution >= 0.6 is 0 Å². The fourth-order valence-corrected chi connectivity index (χ4v) is 5.12. The molecule has 0 amide bonds. The van der Waals surface area contributed by atoms with Gasteiger partial charge in [0.15, 0.2) is 11.5 Å². The smallest absolute Gasteiger partial charge is 0.338 e. The third-order valence-electron chi connectivity index (χ3n) is 6.75. The Hall–Kier alpha value is -1.75. The first-order chi connectivity index (χ1) is 14.7. The molecule has 2 aliphatic rings. The van der Waals surface area contributed by atoms with Crippen LogP contribution in [-0.2, 0) is 4.74 Å². The van der Waals surface area contributed by atoms with E-state index in [9.17, 15) is 4.79 Å². The van der Waals surface area contributed by atoms with Gasteiger partial charge in [0.1, 0.15) is 6.10 Å². The lowest BCUT2D eigenvalue weighted by molar-refractivity contribution is -0.00636. The van der Waals surface area contributed by atoms with Crippen LogP contribution in [0.5, 0.6) is 11.5 Å². The van der Waals surface area contributed by atoms with Crippen molar-refractivity contribution < 1.29 is 19.0 Å². The van der Waals surface area contributed by atoms with Crippen molar-refractivity contribution in [3.63, 3.8) is 0 Å². The predicted molar refractivity (Wildman–Crippen MR) is 119 cm³/mol. The van der Waals surface area contributed by atoms with E-state index >= 15 is 0 Å². The van der Waals surface area contributed by atoms with E-state index < -0.39 is 0 Å². The number of rotatable bonds is 12. The maximum absolute atomic E-state index is 12.7. The standard InChI is InChI=1S/C25H39NO4/c1-4-5-6-7-8-9-10-15-26-20-12-13-21(26)18-22(17-20)30-25(27)19-11-14-23(28-2)24(16-19)29-3/h11,14,16,20-22H,4-10,12-13,15,17-18H2,1-3H3/t20-,21+,22?. The van der Waals surface area contributed by atoms with Gasteiger partial charge in [0.05, 0.1) is 19.8 Å². The van der Waals surface area contributed by atoms with Crippen LogP contribution < -0.4 is 9.47 Å². The topological polar surface area (TPSA) is 48.0 Å². The molecule has 168 valence electrons. The molecule has 0 spiro atoms. The molecule has 1 aromatic rings. The third kappa shape index (κ3) is 5.90. The van der Waals surface area contributed by atoms with Crippen LogP contribution in [0.4, 0.5) is 0 Å². The van der Waals surface area contributed by atoms with Gasteiger partial charge in [-0.25, -0.2) is 4.79 Å². The number of ether oxygens (including phenoxy) is 3. The van der Waals surface area contributed by atoms with Crippen molar-refractivity contribution >= 4 is 5.97 Å². The minimum Gasteiger partial charge on any atom is -0.493 e. The molecule has 0 aromatic heterocycles. The molecule has 2 aliphatic heterocycles. The molecule has 0 N–H and O–H groups in total. The summed E-state index contributed by atoms with van der Waals surface area (Å²) in [5.74, 6) is 0.906. The van der Waals surface area contributed by atoms with E-state index in [-0.39, 0.29) is 12.1 Å².